The van der Waals surface area contributed by atoms with Gasteiger partial charge in [0, 0.05) is 46.0 Å². The molecule has 0 amide bonds. The molecule has 0 atom stereocenters. The number of aromatic nitrogens is 2. The molecule has 0 unspecified atom stereocenters. The predicted octanol–water partition coefficient (Wildman–Crippen LogP) is 2.88. The number of nitrogens with zero attached hydrogens (tertiary/aromatic N) is 3. The first-order valence-electron chi connectivity index (χ1n) is 10.9. The number of fused-ring (bicyclic) bond motifs is 1. The number of aryl methyl sites for hydroxylation is 2. The molecule has 1 fully saturated rings. The molecule has 2 heterocycles. The third-order valence-electron chi connectivity index (χ3n) is 5.13. The fraction of sp³-hybridized carbons (Fsp3) is 0.636. The minimum Gasteiger partial charge on any atom is -0.381 e. The summed E-state index contributed by atoms with van der Waals surface area (Å²) in [6.07, 6.45) is 4.35. The van der Waals surface area contributed by atoms with E-state index in [1.54, 1.807) is 0 Å². The fourth-order valence-electron chi connectivity index (χ4n) is 3.61. The van der Waals surface area contributed by atoms with Gasteiger partial charge in [0.2, 0.25) is 0 Å². The molecule has 0 aliphatic carbocycles. The molecule has 2 N–H and O–H groups in total. The first kappa shape index (κ1) is 21.6. The van der Waals surface area contributed by atoms with Gasteiger partial charge in [0.15, 0.2) is 5.96 Å². The molecular formula is C22H35N5O2. The predicted molar refractivity (Wildman–Crippen MR) is 117 cm³/mol. The molecule has 160 valence electrons. The second kappa shape index (κ2) is 11.8. The summed E-state index contributed by atoms with van der Waals surface area (Å²) < 4.78 is 13.6. The first-order chi connectivity index (χ1) is 14.3. The largest absolute Gasteiger partial charge is 0.381 e. The van der Waals surface area contributed by atoms with Crippen LogP contribution >= 0.6 is 0 Å². The Hall–Kier alpha value is -2.12. The van der Waals surface area contributed by atoms with Crippen LogP contribution in [0.1, 0.15) is 38.4 Å². The maximum absolute atomic E-state index is 5.92. The van der Waals surface area contributed by atoms with E-state index < -0.39 is 0 Å². The van der Waals surface area contributed by atoms with Crippen LogP contribution in [0.25, 0.3) is 11.0 Å². The molecule has 0 saturated carbocycles. The summed E-state index contributed by atoms with van der Waals surface area (Å²) in [6, 6.07) is 8.30. The van der Waals surface area contributed by atoms with Crippen LogP contribution in [0.3, 0.4) is 0 Å². The molecule has 0 radical (unpaired) electrons. The highest BCUT2D eigenvalue weighted by molar-refractivity contribution is 5.79. The zero-order chi connectivity index (χ0) is 20.3. The standard InChI is InChI=1S/C22H35N5O2/c1-3-23-22(25-13-7-15-29-19-10-16-28-17-11-19)24-12-6-14-27-18(2)26-20-8-4-5-9-21(20)27/h4-5,8-9,19H,3,6-7,10-17H2,1-2H3,(H2,23,24,25). The van der Waals surface area contributed by atoms with Crippen LogP contribution < -0.4 is 10.6 Å². The minimum atomic E-state index is 0.369. The van der Waals surface area contributed by atoms with Crippen molar-refractivity contribution < 1.29 is 9.47 Å². The van der Waals surface area contributed by atoms with Crippen molar-refractivity contribution >= 4 is 17.0 Å². The summed E-state index contributed by atoms with van der Waals surface area (Å²) in [5.41, 5.74) is 2.26. The van der Waals surface area contributed by atoms with Crippen molar-refractivity contribution in [1.82, 2.24) is 20.2 Å². The van der Waals surface area contributed by atoms with Crippen molar-refractivity contribution in [1.29, 1.82) is 0 Å². The monoisotopic (exact) mass is 401 g/mol. The average Bonchev–Trinajstić information content (AvgIpc) is 3.06. The van der Waals surface area contributed by atoms with E-state index in [4.69, 9.17) is 14.5 Å². The van der Waals surface area contributed by atoms with Crippen LogP contribution in [0.2, 0.25) is 0 Å². The number of benzene rings is 1. The number of ether oxygens (including phenoxy) is 2. The minimum absolute atomic E-state index is 0.369. The Bertz CT molecular complexity index is 768. The van der Waals surface area contributed by atoms with Crippen molar-refractivity contribution in [3.8, 4) is 0 Å². The first-order valence-corrected chi connectivity index (χ1v) is 10.9. The van der Waals surface area contributed by atoms with Crippen LogP contribution in [-0.2, 0) is 16.0 Å². The van der Waals surface area contributed by atoms with Crippen molar-refractivity contribution in [3.63, 3.8) is 0 Å². The molecule has 0 bridgehead atoms. The van der Waals surface area contributed by atoms with Crippen molar-refractivity contribution in [2.24, 2.45) is 4.99 Å². The Morgan fingerprint density at radius 1 is 1.24 bits per heavy atom. The highest BCUT2D eigenvalue weighted by Crippen LogP contribution is 2.15. The third-order valence-corrected chi connectivity index (χ3v) is 5.13. The molecule has 1 saturated heterocycles. The highest BCUT2D eigenvalue weighted by Gasteiger charge is 2.13. The molecule has 1 aromatic heterocycles. The number of para-hydroxylation sites is 2. The van der Waals surface area contributed by atoms with Gasteiger partial charge < -0.3 is 24.7 Å². The zero-order valence-electron chi connectivity index (χ0n) is 17.8. The SMILES string of the molecule is CCNC(=NCCCn1c(C)nc2ccccc21)NCCCOC1CCOCC1. The van der Waals surface area contributed by atoms with Gasteiger partial charge in [0.25, 0.3) is 0 Å². The normalized spacial score (nSPS) is 15.7. The topological polar surface area (TPSA) is 72.7 Å². The van der Waals surface area contributed by atoms with Crippen LogP contribution in [0.5, 0.6) is 0 Å². The van der Waals surface area contributed by atoms with E-state index in [1.165, 1.54) is 5.52 Å². The molecule has 7 heteroatoms. The molecular weight excluding hydrogens is 366 g/mol. The van der Waals surface area contributed by atoms with E-state index >= 15 is 0 Å². The Kier molecular flexibility index (Phi) is 8.77. The van der Waals surface area contributed by atoms with Gasteiger partial charge in [-0.05, 0) is 51.7 Å². The van der Waals surface area contributed by atoms with Crippen LogP contribution in [0.15, 0.2) is 29.3 Å². The van der Waals surface area contributed by atoms with Gasteiger partial charge in [-0.3, -0.25) is 4.99 Å². The number of guanidine groups is 1. The third kappa shape index (κ3) is 6.72. The smallest absolute Gasteiger partial charge is 0.191 e. The summed E-state index contributed by atoms with van der Waals surface area (Å²) in [4.78, 5) is 9.35. The molecule has 3 rings (SSSR count). The van der Waals surface area contributed by atoms with Gasteiger partial charge in [-0.1, -0.05) is 12.1 Å². The lowest BCUT2D eigenvalue weighted by Crippen LogP contribution is -2.38. The molecule has 1 aliphatic rings. The highest BCUT2D eigenvalue weighted by atomic mass is 16.5. The molecule has 7 nitrogen and oxygen atoms in total. The van der Waals surface area contributed by atoms with Gasteiger partial charge in [-0.15, -0.1) is 0 Å². The molecule has 1 aromatic carbocycles. The zero-order valence-corrected chi connectivity index (χ0v) is 17.8. The fourth-order valence-corrected chi connectivity index (χ4v) is 3.61. The summed E-state index contributed by atoms with van der Waals surface area (Å²) in [5.74, 6) is 1.94. The Morgan fingerprint density at radius 3 is 2.90 bits per heavy atom. The van der Waals surface area contributed by atoms with E-state index in [9.17, 15) is 0 Å². The van der Waals surface area contributed by atoms with E-state index in [-0.39, 0.29) is 0 Å². The second-order valence-corrected chi connectivity index (χ2v) is 7.38. The summed E-state index contributed by atoms with van der Waals surface area (Å²) in [6.45, 7) is 10.0. The lowest BCUT2D eigenvalue weighted by atomic mass is 10.1. The van der Waals surface area contributed by atoms with Gasteiger partial charge in [0.05, 0.1) is 17.1 Å². The summed E-state index contributed by atoms with van der Waals surface area (Å²) >= 11 is 0. The summed E-state index contributed by atoms with van der Waals surface area (Å²) in [7, 11) is 0. The van der Waals surface area contributed by atoms with E-state index in [2.05, 4.69) is 52.2 Å². The van der Waals surface area contributed by atoms with Crippen LogP contribution in [-0.4, -0.2) is 61.1 Å². The number of hydrogen-bond donors (Lipinski definition) is 2. The number of rotatable bonds is 10. The average molecular weight is 402 g/mol. The van der Waals surface area contributed by atoms with E-state index in [1.807, 2.05) is 6.07 Å². The maximum atomic E-state index is 5.92. The van der Waals surface area contributed by atoms with E-state index in [0.29, 0.717) is 6.10 Å². The van der Waals surface area contributed by atoms with Gasteiger partial charge in [-0.2, -0.15) is 0 Å². The molecule has 29 heavy (non-hydrogen) atoms. The lowest BCUT2D eigenvalue weighted by molar-refractivity contribution is -0.0320. The number of nitrogens with one attached hydrogen (secondary N) is 2. The number of aliphatic imine (C=N–C) groups is 1. The quantitative estimate of drug-likeness (QED) is 0.364. The van der Waals surface area contributed by atoms with Crippen molar-refractivity contribution in [3.05, 3.63) is 30.1 Å². The van der Waals surface area contributed by atoms with Gasteiger partial charge in [0.1, 0.15) is 5.82 Å². The van der Waals surface area contributed by atoms with Gasteiger partial charge in [-0.25, -0.2) is 4.98 Å². The van der Waals surface area contributed by atoms with Crippen molar-refractivity contribution in [2.75, 3.05) is 39.5 Å². The second-order valence-electron chi connectivity index (χ2n) is 7.38. The van der Waals surface area contributed by atoms with Crippen LogP contribution in [0.4, 0.5) is 0 Å². The maximum Gasteiger partial charge on any atom is 0.191 e. The molecule has 1 aliphatic heterocycles. The van der Waals surface area contributed by atoms with Gasteiger partial charge >= 0.3 is 0 Å². The van der Waals surface area contributed by atoms with Crippen molar-refractivity contribution in [2.45, 2.75) is 52.2 Å². The van der Waals surface area contributed by atoms with Crippen LogP contribution in [0, 0.1) is 6.92 Å². The molecule has 2 aromatic rings. The molecule has 0 spiro atoms. The Balaban J connectivity index is 1.37. The number of imidazole rings is 1. The Morgan fingerprint density at radius 2 is 2.07 bits per heavy atom. The Labute approximate surface area is 173 Å². The van der Waals surface area contributed by atoms with E-state index in [0.717, 1.165) is 89.0 Å². The summed E-state index contributed by atoms with van der Waals surface area (Å²) in [5, 5.41) is 6.73. The lowest BCUT2D eigenvalue weighted by Gasteiger charge is -2.22. The number of hydrogen-bond acceptors (Lipinski definition) is 4.